The van der Waals surface area contributed by atoms with E-state index in [-0.39, 0.29) is 11.3 Å². The van der Waals surface area contributed by atoms with Crippen molar-refractivity contribution in [1.29, 1.82) is 0 Å². The van der Waals surface area contributed by atoms with E-state index in [2.05, 4.69) is 123 Å². The van der Waals surface area contributed by atoms with Crippen LogP contribution in [0.5, 0.6) is 5.75 Å². The number of pyridine rings is 2. The second-order valence-electron chi connectivity index (χ2n) is 14.7. The zero-order valence-corrected chi connectivity index (χ0v) is 28.4. The monoisotopic (exact) mass is 645 g/mol. The largest absolute Gasteiger partial charge is 0.496 e. The van der Waals surface area contributed by atoms with E-state index >= 15 is 0 Å². The van der Waals surface area contributed by atoms with E-state index in [0.717, 1.165) is 68.6 Å². The number of hydrogen-bond acceptors (Lipinski definition) is 4. The maximum atomic E-state index is 5.66. The number of ether oxygens (including phenoxy) is 1. The Kier molecular flexibility index (Phi) is 6.29. The highest BCUT2D eigenvalue weighted by Gasteiger charge is 2.39. The third kappa shape index (κ3) is 4.55. The molecule has 7 aromatic rings. The number of hydrogen-bond donors (Lipinski definition) is 0. The van der Waals surface area contributed by atoms with Gasteiger partial charge in [-0.1, -0.05) is 92.7 Å². The molecule has 10 rings (SSSR count). The molecule has 0 saturated heterocycles. The Morgan fingerprint density at radius 2 is 1.40 bits per heavy atom. The predicted molar refractivity (Wildman–Crippen MR) is 205 cm³/mol. The fourth-order valence-corrected chi connectivity index (χ4v) is 8.50. The van der Waals surface area contributed by atoms with Crippen molar-refractivity contribution in [2.75, 3.05) is 7.11 Å². The molecule has 4 heteroatoms. The minimum atomic E-state index is 0.136. The van der Waals surface area contributed by atoms with Crippen molar-refractivity contribution in [2.24, 2.45) is 10.4 Å². The highest BCUT2D eigenvalue weighted by Crippen LogP contribution is 2.48. The summed E-state index contributed by atoms with van der Waals surface area (Å²) in [5.74, 6) is 1.04. The number of rotatable bonds is 4. The van der Waals surface area contributed by atoms with E-state index in [4.69, 9.17) is 19.7 Å². The van der Waals surface area contributed by atoms with Gasteiger partial charge in [0.1, 0.15) is 5.75 Å². The summed E-state index contributed by atoms with van der Waals surface area (Å²) >= 11 is 0. The highest BCUT2D eigenvalue weighted by molar-refractivity contribution is 6.24. The van der Waals surface area contributed by atoms with Gasteiger partial charge in [0.15, 0.2) is 0 Å². The molecule has 0 bridgehead atoms. The Bertz CT molecular complexity index is 2740. The molecule has 5 aromatic carbocycles. The molecule has 1 aliphatic heterocycles. The maximum absolute atomic E-state index is 5.66. The van der Waals surface area contributed by atoms with Crippen LogP contribution in [-0.2, 0) is 0 Å². The van der Waals surface area contributed by atoms with Gasteiger partial charge < -0.3 is 4.74 Å². The molecule has 0 amide bonds. The summed E-state index contributed by atoms with van der Waals surface area (Å²) in [5.41, 5.74) is 14.8. The van der Waals surface area contributed by atoms with Crippen LogP contribution < -0.4 is 15.2 Å². The zero-order valence-electron chi connectivity index (χ0n) is 28.4. The molecule has 2 aliphatic carbocycles. The summed E-state index contributed by atoms with van der Waals surface area (Å²) in [6.07, 6.45) is 4.36. The Balaban J connectivity index is 1.10. The molecule has 50 heavy (non-hydrogen) atoms. The summed E-state index contributed by atoms with van der Waals surface area (Å²) in [6, 6.07) is 43.3. The average molecular weight is 646 g/mol. The summed E-state index contributed by atoms with van der Waals surface area (Å²) < 4.78 is 5.66. The van der Waals surface area contributed by atoms with Crippen molar-refractivity contribution in [3.05, 3.63) is 143 Å². The number of aromatic nitrogens is 2. The molecule has 4 nitrogen and oxygen atoms in total. The minimum Gasteiger partial charge on any atom is -0.496 e. The van der Waals surface area contributed by atoms with Crippen LogP contribution in [0.3, 0.4) is 0 Å². The summed E-state index contributed by atoms with van der Waals surface area (Å²) in [6.45, 7) is 4.77. The Morgan fingerprint density at radius 1 is 0.680 bits per heavy atom. The molecule has 1 atom stereocenters. The summed E-state index contributed by atoms with van der Waals surface area (Å²) in [4.78, 5) is 15.8. The number of para-hydroxylation sites is 1. The SMILES string of the molecule is COc1ccccc1-c1ccc2ccc3ccc(-c4cccc(C5CC(C)(C)CC6=Nc7cc8c(cc7=C65)-c5ccccc5C=8)c4)nc3c2n1. The first-order chi connectivity index (χ1) is 24.4. The topological polar surface area (TPSA) is 47.4 Å². The molecule has 0 N–H and O–H groups in total. The van der Waals surface area contributed by atoms with Gasteiger partial charge in [0.25, 0.3) is 0 Å². The number of aliphatic imine (C=N–C) groups is 1. The van der Waals surface area contributed by atoms with Crippen LogP contribution in [0, 0.1) is 5.41 Å². The van der Waals surface area contributed by atoms with E-state index in [1.165, 1.54) is 44.0 Å². The Morgan fingerprint density at radius 3 is 2.22 bits per heavy atom. The summed E-state index contributed by atoms with van der Waals surface area (Å²) in [5, 5.41) is 4.70. The van der Waals surface area contributed by atoms with Crippen molar-refractivity contribution in [3.63, 3.8) is 0 Å². The molecular weight excluding hydrogens is 611 g/mol. The van der Waals surface area contributed by atoms with Gasteiger partial charge in [-0.3, -0.25) is 4.99 Å². The molecular formula is C46H35N3O. The van der Waals surface area contributed by atoms with Crippen LogP contribution in [0.15, 0.2) is 126 Å². The second-order valence-corrected chi connectivity index (χ2v) is 14.7. The fraction of sp³-hybridized carbons (Fsp3) is 0.152. The van der Waals surface area contributed by atoms with E-state index in [9.17, 15) is 0 Å². The molecule has 0 spiro atoms. The minimum absolute atomic E-state index is 0.136. The standard InChI is InChI=1S/C46H35N3O/c1-46(2)25-37(43-36-24-35-32(23-40(36)47-41(43)26-46)22-29-9-4-5-12-33(29)35)30-10-8-11-31(21-30)38-19-17-27-15-16-28-18-20-39(49-45(28)44(27)48-38)34-13-6-7-14-42(34)50-3/h4-24,37H,25-26H2,1-3H3. The van der Waals surface area contributed by atoms with Crippen LogP contribution in [0.2, 0.25) is 0 Å². The van der Waals surface area contributed by atoms with Gasteiger partial charge in [0.05, 0.1) is 35.2 Å². The van der Waals surface area contributed by atoms with Gasteiger partial charge in [-0.25, -0.2) is 9.97 Å². The first-order valence-corrected chi connectivity index (χ1v) is 17.4. The maximum Gasteiger partial charge on any atom is 0.128 e. The third-order valence-corrected chi connectivity index (χ3v) is 10.8. The smallest absolute Gasteiger partial charge is 0.128 e. The number of benzene rings is 5. The molecule has 3 aliphatic rings. The van der Waals surface area contributed by atoms with Gasteiger partial charge in [0, 0.05) is 38.7 Å². The van der Waals surface area contributed by atoms with E-state index in [1.807, 2.05) is 18.2 Å². The number of methoxy groups -OCH3 is 1. The van der Waals surface area contributed by atoms with Crippen molar-refractivity contribution >= 4 is 44.9 Å². The van der Waals surface area contributed by atoms with Gasteiger partial charge in [0.2, 0.25) is 0 Å². The Hall–Kier alpha value is -5.87. The van der Waals surface area contributed by atoms with Crippen LogP contribution in [-0.4, -0.2) is 22.8 Å². The molecule has 1 saturated carbocycles. The molecule has 1 unspecified atom stereocenters. The normalized spacial score (nSPS) is 16.7. The van der Waals surface area contributed by atoms with E-state index in [0.29, 0.717) is 0 Å². The fourth-order valence-electron chi connectivity index (χ4n) is 8.50. The zero-order chi connectivity index (χ0) is 33.6. The number of fused-ring (bicyclic) bond motifs is 8. The van der Waals surface area contributed by atoms with Gasteiger partial charge in [-0.05, 0) is 99.8 Å². The van der Waals surface area contributed by atoms with Crippen LogP contribution in [0.4, 0.5) is 5.69 Å². The van der Waals surface area contributed by atoms with Crippen LogP contribution >= 0.6 is 0 Å². The van der Waals surface area contributed by atoms with Gasteiger partial charge in [-0.15, -0.1) is 0 Å². The van der Waals surface area contributed by atoms with Gasteiger partial charge in [-0.2, -0.15) is 0 Å². The van der Waals surface area contributed by atoms with E-state index in [1.54, 1.807) is 7.11 Å². The molecule has 2 aromatic heterocycles. The number of nitrogens with zero attached hydrogens (tertiary/aromatic N) is 3. The lowest BCUT2D eigenvalue weighted by Gasteiger charge is -2.37. The average Bonchev–Trinajstić information content (AvgIpc) is 3.69. The second kappa shape index (κ2) is 10.8. The van der Waals surface area contributed by atoms with Crippen molar-refractivity contribution in [1.82, 2.24) is 9.97 Å². The quantitative estimate of drug-likeness (QED) is 0.179. The van der Waals surface area contributed by atoms with Crippen LogP contribution in [0.25, 0.3) is 67.1 Å². The lowest BCUT2D eigenvalue weighted by Crippen LogP contribution is -2.31. The van der Waals surface area contributed by atoms with E-state index < -0.39 is 0 Å². The molecule has 3 heterocycles. The lowest BCUT2D eigenvalue weighted by molar-refractivity contribution is 0.328. The molecule has 240 valence electrons. The Labute approximate surface area is 291 Å². The molecule has 0 radical (unpaired) electrons. The lowest BCUT2D eigenvalue weighted by atomic mass is 9.66. The van der Waals surface area contributed by atoms with Crippen molar-refractivity contribution in [2.45, 2.75) is 32.6 Å². The third-order valence-electron chi connectivity index (χ3n) is 10.8. The van der Waals surface area contributed by atoms with Crippen molar-refractivity contribution in [3.8, 4) is 39.4 Å². The first-order valence-electron chi connectivity index (χ1n) is 17.4. The molecule has 1 fully saturated rings. The van der Waals surface area contributed by atoms with Crippen molar-refractivity contribution < 1.29 is 4.74 Å². The highest BCUT2D eigenvalue weighted by atomic mass is 16.5. The first kappa shape index (κ1) is 29.1. The predicted octanol–water partition coefficient (Wildman–Crippen LogP) is 9.78. The van der Waals surface area contributed by atoms with Crippen LogP contribution in [0.1, 0.15) is 43.7 Å². The summed E-state index contributed by atoms with van der Waals surface area (Å²) in [7, 11) is 1.70. The van der Waals surface area contributed by atoms with Gasteiger partial charge >= 0.3 is 0 Å².